The zero-order chi connectivity index (χ0) is 22.0. The topological polar surface area (TPSA) is 61.4 Å². The van der Waals surface area contributed by atoms with Crippen molar-refractivity contribution in [1.82, 2.24) is 4.90 Å². The highest BCUT2D eigenvalue weighted by Crippen LogP contribution is 2.40. The first kappa shape index (κ1) is 22.0. The van der Waals surface area contributed by atoms with Crippen molar-refractivity contribution >= 4 is 33.8 Å². The Morgan fingerprint density at radius 3 is 2.74 bits per heavy atom. The zero-order valence-corrected chi connectivity index (χ0v) is 19.0. The lowest BCUT2D eigenvalue weighted by molar-refractivity contribution is -0.118. The van der Waals surface area contributed by atoms with Gasteiger partial charge >= 0.3 is 0 Å². The monoisotopic (exact) mass is 443 g/mol. The first-order valence-electron chi connectivity index (χ1n) is 11.2. The Bertz CT molecular complexity index is 974. The first-order valence-corrected chi connectivity index (χ1v) is 12.0. The van der Waals surface area contributed by atoms with Gasteiger partial charge in [-0.05, 0) is 69.2 Å². The predicted molar refractivity (Wildman–Crippen MR) is 123 cm³/mol. The van der Waals surface area contributed by atoms with Crippen LogP contribution in [0.15, 0.2) is 24.3 Å². The Hall–Kier alpha value is -2.25. The van der Waals surface area contributed by atoms with Crippen LogP contribution in [0.1, 0.15) is 60.3 Å². The molecule has 7 heteroatoms. The minimum atomic E-state index is -0.474. The van der Waals surface area contributed by atoms with Gasteiger partial charge in [0.05, 0.1) is 17.8 Å². The predicted octanol–water partition coefficient (Wildman–Crippen LogP) is 5.08. The van der Waals surface area contributed by atoms with Crippen molar-refractivity contribution in [3.63, 3.8) is 0 Å². The highest BCUT2D eigenvalue weighted by atomic mass is 32.1. The summed E-state index contributed by atoms with van der Waals surface area (Å²) in [5, 5.41) is 6.31. The number of anilines is 2. The quantitative estimate of drug-likeness (QED) is 0.678. The molecule has 2 atom stereocenters. The lowest BCUT2D eigenvalue weighted by Gasteiger charge is -2.32. The van der Waals surface area contributed by atoms with Crippen LogP contribution in [0.3, 0.4) is 0 Å². The van der Waals surface area contributed by atoms with Crippen LogP contribution >= 0.6 is 11.3 Å². The van der Waals surface area contributed by atoms with E-state index in [0.29, 0.717) is 29.1 Å². The third kappa shape index (κ3) is 4.99. The summed E-state index contributed by atoms with van der Waals surface area (Å²) in [6.07, 6.45) is 6.12. The lowest BCUT2D eigenvalue weighted by atomic mass is 9.88. The maximum Gasteiger partial charge on any atom is 0.259 e. The molecule has 2 aromatic rings. The van der Waals surface area contributed by atoms with Gasteiger partial charge in [-0.2, -0.15) is 0 Å². The van der Waals surface area contributed by atoms with E-state index in [1.165, 1.54) is 23.8 Å². The average molecular weight is 444 g/mol. The largest absolute Gasteiger partial charge is 0.319 e. The smallest absolute Gasteiger partial charge is 0.259 e. The Labute approximate surface area is 187 Å². The second-order valence-corrected chi connectivity index (χ2v) is 9.96. The number of rotatable bonds is 5. The van der Waals surface area contributed by atoms with E-state index in [1.54, 1.807) is 18.2 Å². The summed E-state index contributed by atoms with van der Waals surface area (Å²) in [4.78, 5) is 29.4. The number of carbonyl (C=O) groups is 2. The van der Waals surface area contributed by atoms with Gasteiger partial charge in [0.25, 0.3) is 5.91 Å². The fraction of sp³-hybridized carbons (Fsp3) is 0.500. The molecule has 5 nitrogen and oxygen atoms in total. The van der Waals surface area contributed by atoms with Crippen LogP contribution in [0.4, 0.5) is 15.1 Å². The Morgan fingerprint density at radius 2 is 1.97 bits per heavy atom. The van der Waals surface area contributed by atoms with E-state index in [9.17, 15) is 14.0 Å². The molecule has 2 aliphatic rings. The number of carbonyl (C=O) groups excluding carboxylic acids is 2. The van der Waals surface area contributed by atoms with Crippen molar-refractivity contribution in [2.24, 2.45) is 5.92 Å². The van der Waals surface area contributed by atoms with Crippen LogP contribution in [0.2, 0.25) is 0 Å². The molecule has 0 unspecified atom stereocenters. The second-order valence-electron chi connectivity index (χ2n) is 8.85. The summed E-state index contributed by atoms with van der Waals surface area (Å²) < 4.78 is 14.1. The van der Waals surface area contributed by atoms with E-state index in [4.69, 9.17) is 0 Å². The van der Waals surface area contributed by atoms with Gasteiger partial charge < -0.3 is 10.6 Å². The van der Waals surface area contributed by atoms with Gasteiger partial charge in [0.2, 0.25) is 5.91 Å². The second kappa shape index (κ2) is 9.49. The summed E-state index contributed by atoms with van der Waals surface area (Å²) in [5.41, 5.74) is 1.64. The van der Waals surface area contributed by atoms with Crippen LogP contribution < -0.4 is 10.6 Å². The van der Waals surface area contributed by atoms with E-state index < -0.39 is 5.82 Å². The Morgan fingerprint density at radius 1 is 1.16 bits per heavy atom. The van der Waals surface area contributed by atoms with Gasteiger partial charge in [-0.3, -0.25) is 14.5 Å². The molecule has 0 saturated carbocycles. The van der Waals surface area contributed by atoms with Crippen LogP contribution in [-0.2, 0) is 17.6 Å². The Kier molecular flexibility index (Phi) is 6.72. The van der Waals surface area contributed by atoms with Crippen molar-refractivity contribution < 1.29 is 14.0 Å². The van der Waals surface area contributed by atoms with E-state index in [1.807, 2.05) is 0 Å². The fourth-order valence-electron chi connectivity index (χ4n) is 4.57. The van der Waals surface area contributed by atoms with Crippen molar-refractivity contribution in [2.75, 3.05) is 23.7 Å². The van der Waals surface area contributed by atoms with Crippen molar-refractivity contribution in [2.45, 2.75) is 58.4 Å². The van der Waals surface area contributed by atoms with Crippen LogP contribution in [0, 0.1) is 11.7 Å². The number of fused-ring (bicyclic) bond motifs is 1. The van der Waals surface area contributed by atoms with Crippen LogP contribution in [0.25, 0.3) is 0 Å². The first-order chi connectivity index (χ1) is 14.9. The molecule has 0 radical (unpaired) electrons. The number of para-hydroxylation sites is 1. The lowest BCUT2D eigenvalue weighted by Crippen LogP contribution is -2.42. The number of nitrogens with one attached hydrogen (secondary N) is 2. The summed E-state index contributed by atoms with van der Waals surface area (Å²) >= 11 is 1.49. The van der Waals surface area contributed by atoms with Gasteiger partial charge in [0.15, 0.2) is 0 Å². The molecule has 0 spiro atoms. The number of hydrogen-bond acceptors (Lipinski definition) is 4. The molecule has 2 N–H and O–H groups in total. The van der Waals surface area contributed by atoms with Crippen LogP contribution in [-0.4, -0.2) is 35.8 Å². The normalized spacial score (nSPS) is 21.4. The maximum absolute atomic E-state index is 14.1. The molecule has 2 heterocycles. The summed E-state index contributed by atoms with van der Waals surface area (Å²) in [5.74, 6) is -0.385. The molecule has 1 saturated heterocycles. The number of thiophene rings is 1. The molecule has 1 aromatic heterocycles. The molecule has 31 heavy (non-hydrogen) atoms. The standard InChI is InChI=1S/C24H30FN3O2S/c1-15-10-11-17-20(13-15)31-24(27-21(29)14-28-12-6-5-7-16(28)2)22(17)23(30)26-19-9-4-3-8-18(19)25/h3-4,8-9,15-16H,5-7,10-14H2,1-2H3,(H,26,30)(H,27,29)/t15-,16+/m1/s1. The highest BCUT2D eigenvalue weighted by molar-refractivity contribution is 7.17. The number of benzene rings is 1. The van der Waals surface area contributed by atoms with E-state index >= 15 is 0 Å². The van der Waals surface area contributed by atoms with Gasteiger partial charge in [-0.15, -0.1) is 11.3 Å². The molecular weight excluding hydrogens is 413 g/mol. The third-order valence-electron chi connectivity index (χ3n) is 6.40. The minimum Gasteiger partial charge on any atom is -0.319 e. The molecule has 2 amide bonds. The van der Waals surface area contributed by atoms with Gasteiger partial charge in [0, 0.05) is 10.9 Å². The third-order valence-corrected chi connectivity index (χ3v) is 7.57. The average Bonchev–Trinajstić information content (AvgIpc) is 3.08. The van der Waals surface area contributed by atoms with Crippen molar-refractivity contribution in [1.29, 1.82) is 0 Å². The van der Waals surface area contributed by atoms with E-state index in [-0.39, 0.29) is 17.5 Å². The number of halogens is 1. The molecule has 166 valence electrons. The number of nitrogens with zero attached hydrogens (tertiary/aromatic N) is 1. The van der Waals surface area contributed by atoms with Gasteiger partial charge in [-0.1, -0.05) is 25.5 Å². The molecule has 1 aliphatic carbocycles. The summed E-state index contributed by atoms with van der Waals surface area (Å²) in [6, 6.07) is 6.53. The Balaban J connectivity index is 1.57. The fourth-order valence-corrected chi connectivity index (χ4v) is 5.99. The number of piperidine rings is 1. The van der Waals surface area contributed by atoms with Crippen molar-refractivity contribution in [3.05, 3.63) is 46.1 Å². The van der Waals surface area contributed by atoms with E-state index in [2.05, 4.69) is 29.4 Å². The van der Waals surface area contributed by atoms with Crippen LogP contribution in [0.5, 0.6) is 0 Å². The SMILES string of the molecule is C[C@@H]1CCc2c(sc(NC(=O)CN3CCCC[C@@H]3C)c2C(=O)Nc2ccccc2F)C1. The molecular formula is C24H30FN3O2S. The number of amides is 2. The highest BCUT2D eigenvalue weighted by Gasteiger charge is 2.29. The van der Waals surface area contributed by atoms with E-state index in [0.717, 1.165) is 49.1 Å². The molecule has 1 aromatic carbocycles. The summed E-state index contributed by atoms with van der Waals surface area (Å²) in [6.45, 7) is 5.62. The minimum absolute atomic E-state index is 0.0969. The molecule has 1 aliphatic heterocycles. The molecule has 1 fully saturated rings. The number of likely N-dealkylation sites (tertiary alicyclic amines) is 1. The van der Waals surface area contributed by atoms with Gasteiger partial charge in [-0.25, -0.2) is 4.39 Å². The summed E-state index contributed by atoms with van der Waals surface area (Å²) in [7, 11) is 0. The van der Waals surface area contributed by atoms with Gasteiger partial charge in [0.1, 0.15) is 10.8 Å². The zero-order valence-electron chi connectivity index (χ0n) is 18.2. The van der Waals surface area contributed by atoms with Crippen molar-refractivity contribution in [3.8, 4) is 0 Å². The molecule has 0 bridgehead atoms. The maximum atomic E-state index is 14.1. The number of hydrogen-bond donors (Lipinski definition) is 2. The molecule has 4 rings (SSSR count).